The van der Waals surface area contributed by atoms with Crippen molar-refractivity contribution >= 4 is 17.6 Å². The Morgan fingerprint density at radius 2 is 2.04 bits per heavy atom. The standard InChI is InChI=1S/C18H22N4O4/c19-14-4-2-1-3-11(14)17(23)22-7-10-5-6-15(26-10)12-8-21-9-13(16(12)20)18(24)25/h5-6,8-9,11,14H,1-4,7,19H2,(H2,20,21)(H,22,23)(H,24,25)/t11-,14+/m1/s1. The van der Waals surface area contributed by atoms with Gasteiger partial charge in [-0.05, 0) is 25.0 Å². The Kier molecular flexibility index (Phi) is 5.22. The molecule has 26 heavy (non-hydrogen) atoms. The van der Waals surface area contributed by atoms with E-state index in [-0.39, 0.29) is 35.7 Å². The molecule has 138 valence electrons. The first-order valence-electron chi connectivity index (χ1n) is 8.56. The highest BCUT2D eigenvalue weighted by Gasteiger charge is 2.28. The van der Waals surface area contributed by atoms with Crippen molar-refractivity contribution in [3.05, 3.63) is 35.9 Å². The van der Waals surface area contributed by atoms with Crippen LogP contribution in [0, 0.1) is 5.92 Å². The second kappa shape index (κ2) is 7.57. The van der Waals surface area contributed by atoms with E-state index in [9.17, 15) is 9.59 Å². The summed E-state index contributed by atoms with van der Waals surface area (Å²) in [7, 11) is 0. The summed E-state index contributed by atoms with van der Waals surface area (Å²) >= 11 is 0. The number of carboxylic acids is 1. The molecule has 0 saturated heterocycles. The largest absolute Gasteiger partial charge is 0.478 e. The van der Waals surface area contributed by atoms with E-state index in [1.165, 1.54) is 12.4 Å². The van der Waals surface area contributed by atoms with Crippen LogP contribution in [0.2, 0.25) is 0 Å². The second-order valence-corrected chi connectivity index (χ2v) is 6.49. The third kappa shape index (κ3) is 3.70. The van der Waals surface area contributed by atoms with Crippen LogP contribution in [0.4, 0.5) is 5.69 Å². The van der Waals surface area contributed by atoms with Crippen molar-refractivity contribution < 1.29 is 19.1 Å². The Morgan fingerprint density at radius 3 is 2.77 bits per heavy atom. The van der Waals surface area contributed by atoms with E-state index in [0.29, 0.717) is 17.1 Å². The number of hydrogen-bond acceptors (Lipinski definition) is 6. The minimum Gasteiger partial charge on any atom is -0.478 e. The number of aromatic nitrogens is 1. The maximum absolute atomic E-state index is 12.3. The van der Waals surface area contributed by atoms with Crippen molar-refractivity contribution in [2.45, 2.75) is 38.3 Å². The third-order valence-corrected chi connectivity index (χ3v) is 4.74. The number of hydrogen-bond donors (Lipinski definition) is 4. The average molecular weight is 358 g/mol. The zero-order valence-electron chi connectivity index (χ0n) is 14.3. The Balaban J connectivity index is 1.68. The van der Waals surface area contributed by atoms with Crippen molar-refractivity contribution in [1.82, 2.24) is 10.3 Å². The third-order valence-electron chi connectivity index (χ3n) is 4.74. The van der Waals surface area contributed by atoms with Gasteiger partial charge in [-0.1, -0.05) is 12.8 Å². The topological polar surface area (TPSA) is 144 Å². The van der Waals surface area contributed by atoms with Gasteiger partial charge in [-0.2, -0.15) is 0 Å². The molecule has 2 aromatic rings. The minimum atomic E-state index is -1.15. The maximum Gasteiger partial charge on any atom is 0.339 e. The van der Waals surface area contributed by atoms with Gasteiger partial charge in [0.1, 0.15) is 17.1 Å². The molecular weight excluding hydrogens is 336 g/mol. The molecule has 1 amide bonds. The van der Waals surface area contributed by atoms with Crippen LogP contribution in [0.5, 0.6) is 0 Å². The van der Waals surface area contributed by atoms with Gasteiger partial charge >= 0.3 is 5.97 Å². The van der Waals surface area contributed by atoms with Crippen LogP contribution >= 0.6 is 0 Å². The van der Waals surface area contributed by atoms with E-state index < -0.39 is 5.97 Å². The molecule has 0 unspecified atom stereocenters. The van der Waals surface area contributed by atoms with Crippen LogP contribution in [0.15, 0.2) is 28.9 Å². The van der Waals surface area contributed by atoms with Crippen LogP contribution in [-0.4, -0.2) is 28.0 Å². The number of anilines is 1. The van der Waals surface area contributed by atoms with Crippen LogP contribution < -0.4 is 16.8 Å². The number of furan rings is 1. The van der Waals surface area contributed by atoms with Crippen molar-refractivity contribution in [1.29, 1.82) is 0 Å². The number of nitrogens with zero attached hydrogens (tertiary/aromatic N) is 1. The SMILES string of the molecule is Nc1c(C(=O)O)cncc1-c1ccc(CNC(=O)[C@@H]2CCCC[C@@H]2N)o1. The number of nitrogens with one attached hydrogen (secondary N) is 1. The molecule has 2 heterocycles. The predicted octanol–water partition coefficient (Wildman–Crippen LogP) is 1.76. The van der Waals surface area contributed by atoms with Crippen LogP contribution in [-0.2, 0) is 11.3 Å². The van der Waals surface area contributed by atoms with Crippen molar-refractivity contribution in [3.8, 4) is 11.3 Å². The Labute approximate surface area is 150 Å². The van der Waals surface area contributed by atoms with Crippen molar-refractivity contribution in [3.63, 3.8) is 0 Å². The number of pyridine rings is 1. The second-order valence-electron chi connectivity index (χ2n) is 6.49. The lowest BCUT2D eigenvalue weighted by Gasteiger charge is -2.27. The number of nitrogen functional groups attached to an aromatic ring is 1. The van der Waals surface area contributed by atoms with Gasteiger partial charge < -0.3 is 26.3 Å². The first-order valence-corrected chi connectivity index (χ1v) is 8.56. The zero-order valence-corrected chi connectivity index (χ0v) is 14.3. The Morgan fingerprint density at radius 1 is 1.27 bits per heavy atom. The quantitative estimate of drug-likeness (QED) is 0.637. The highest BCUT2D eigenvalue weighted by molar-refractivity contribution is 5.97. The summed E-state index contributed by atoms with van der Waals surface area (Å²) in [5.74, 6) is -0.441. The lowest BCUT2D eigenvalue weighted by Crippen LogP contribution is -2.43. The van der Waals surface area contributed by atoms with E-state index in [2.05, 4.69) is 10.3 Å². The molecule has 2 aromatic heterocycles. The number of rotatable bonds is 5. The van der Waals surface area contributed by atoms with E-state index in [0.717, 1.165) is 25.7 Å². The van der Waals surface area contributed by atoms with Crippen molar-refractivity contribution in [2.24, 2.45) is 11.7 Å². The lowest BCUT2D eigenvalue weighted by atomic mass is 9.84. The summed E-state index contributed by atoms with van der Waals surface area (Å²) in [6.07, 6.45) is 6.40. The molecule has 3 rings (SSSR count). The molecule has 2 atom stereocenters. The average Bonchev–Trinajstić information content (AvgIpc) is 3.08. The molecule has 0 aliphatic heterocycles. The summed E-state index contributed by atoms with van der Waals surface area (Å²) in [5.41, 5.74) is 12.3. The first-order chi connectivity index (χ1) is 12.5. The summed E-state index contributed by atoms with van der Waals surface area (Å²) in [6.45, 7) is 0.230. The molecule has 0 aromatic carbocycles. The van der Waals surface area contributed by atoms with Crippen LogP contribution in [0.1, 0.15) is 41.8 Å². The Hall–Kier alpha value is -2.87. The van der Waals surface area contributed by atoms with Gasteiger partial charge in [-0.25, -0.2) is 4.79 Å². The molecular formula is C18H22N4O4. The van der Waals surface area contributed by atoms with E-state index in [4.69, 9.17) is 21.0 Å². The molecule has 1 saturated carbocycles. The highest BCUT2D eigenvalue weighted by Crippen LogP contribution is 2.29. The number of aromatic carboxylic acids is 1. The lowest BCUT2D eigenvalue weighted by molar-refractivity contribution is -0.126. The number of amides is 1. The Bertz CT molecular complexity index is 817. The molecule has 0 bridgehead atoms. The zero-order chi connectivity index (χ0) is 18.7. The predicted molar refractivity (Wildman–Crippen MR) is 95.1 cm³/mol. The number of carbonyl (C=O) groups is 2. The molecule has 6 N–H and O–H groups in total. The maximum atomic E-state index is 12.3. The van der Waals surface area contributed by atoms with Gasteiger partial charge in [0.2, 0.25) is 5.91 Å². The van der Waals surface area contributed by atoms with Crippen LogP contribution in [0.25, 0.3) is 11.3 Å². The number of carbonyl (C=O) groups excluding carboxylic acids is 1. The molecule has 0 spiro atoms. The monoisotopic (exact) mass is 358 g/mol. The van der Waals surface area contributed by atoms with Gasteiger partial charge in [-0.15, -0.1) is 0 Å². The fourth-order valence-electron chi connectivity index (χ4n) is 3.25. The van der Waals surface area contributed by atoms with Gasteiger partial charge in [0, 0.05) is 18.4 Å². The normalized spacial score (nSPS) is 19.9. The minimum absolute atomic E-state index is 0.0656. The van der Waals surface area contributed by atoms with Gasteiger partial charge in [0.15, 0.2) is 0 Å². The number of carboxylic acid groups (broad SMARTS) is 1. The highest BCUT2D eigenvalue weighted by atomic mass is 16.4. The van der Waals surface area contributed by atoms with E-state index in [1.807, 2.05) is 0 Å². The van der Waals surface area contributed by atoms with E-state index >= 15 is 0 Å². The summed E-state index contributed by atoms with van der Waals surface area (Å²) in [5, 5.41) is 12.0. The summed E-state index contributed by atoms with van der Waals surface area (Å²) in [6, 6.07) is 3.29. The van der Waals surface area contributed by atoms with Gasteiger partial charge in [0.25, 0.3) is 0 Å². The fourth-order valence-corrected chi connectivity index (χ4v) is 3.25. The van der Waals surface area contributed by atoms with Crippen molar-refractivity contribution in [2.75, 3.05) is 5.73 Å². The molecule has 8 nitrogen and oxygen atoms in total. The molecule has 8 heteroatoms. The summed E-state index contributed by atoms with van der Waals surface area (Å²) in [4.78, 5) is 27.4. The van der Waals surface area contributed by atoms with Crippen LogP contribution in [0.3, 0.4) is 0 Å². The first kappa shape index (κ1) is 17.9. The number of nitrogens with two attached hydrogens (primary N) is 2. The molecule has 1 aliphatic rings. The van der Waals surface area contributed by atoms with E-state index in [1.54, 1.807) is 12.1 Å². The van der Waals surface area contributed by atoms with Gasteiger partial charge in [-0.3, -0.25) is 9.78 Å². The summed E-state index contributed by atoms with van der Waals surface area (Å²) < 4.78 is 5.69. The molecule has 0 radical (unpaired) electrons. The fraction of sp³-hybridized carbons (Fsp3) is 0.389. The smallest absolute Gasteiger partial charge is 0.339 e. The molecule has 1 fully saturated rings. The van der Waals surface area contributed by atoms with Gasteiger partial charge in [0.05, 0.1) is 23.7 Å². The molecule has 1 aliphatic carbocycles.